The van der Waals surface area contributed by atoms with Crippen LogP contribution in [0.2, 0.25) is 0 Å². The number of benzene rings is 1. The monoisotopic (exact) mass is 301 g/mol. The number of aliphatic hydroxyl groups is 1. The Morgan fingerprint density at radius 3 is 2.67 bits per heavy atom. The molecule has 0 bridgehead atoms. The van der Waals surface area contributed by atoms with Crippen molar-refractivity contribution in [2.45, 2.75) is 25.5 Å². The predicted octanol–water partition coefficient (Wildman–Crippen LogP) is 2.55. The van der Waals surface area contributed by atoms with Gasteiger partial charge in [0.2, 0.25) is 0 Å². The zero-order valence-corrected chi connectivity index (χ0v) is 12.7. The zero-order chi connectivity index (χ0) is 14.2. The van der Waals surface area contributed by atoms with Gasteiger partial charge in [0.25, 0.3) is 0 Å². The molecule has 4 rings (SSSR count). The van der Waals surface area contributed by atoms with E-state index in [9.17, 15) is 5.11 Å². The summed E-state index contributed by atoms with van der Waals surface area (Å²) in [7, 11) is 0. The Labute approximate surface area is 128 Å². The third-order valence-electron chi connectivity index (χ3n) is 4.25. The SMILES string of the molecule is O[C@@H]1CNCc2nc(-c3ccc(N4CCCC4)cc3)sc21. The van der Waals surface area contributed by atoms with Gasteiger partial charge < -0.3 is 15.3 Å². The number of β-amino-alcohol motifs (C(OH)–C–C–N with tert-alkyl or cyclic N) is 1. The lowest BCUT2D eigenvalue weighted by Crippen LogP contribution is -2.26. The first kappa shape index (κ1) is 13.2. The van der Waals surface area contributed by atoms with Gasteiger partial charge in [-0.05, 0) is 37.1 Å². The number of hydrogen-bond acceptors (Lipinski definition) is 5. The predicted molar refractivity (Wildman–Crippen MR) is 85.7 cm³/mol. The van der Waals surface area contributed by atoms with Gasteiger partial charge in [-0.1, -0.05) is 0 Å². The molecule has 5 heteroatoms. The maximum Gasteiger partial charge on any atom is 0.124 e. The lowest BCUT2D eigenvalue weighted by molar-refractivity contribution is 0.168. The van der Waals surface area contributed by atoms with Crippen molar-refractivity contribution in [1.82, 2.24) is 10.3 Å². The Hall–Kier alpha value is -1.43. The Morgan fingerprint density at radius 2 is 1.95 bits per heavy atom. The van der Waals surface area contributed by atoms with Crippen molar-refractivity contribution in [3.8, 4) is 10.6 Å². The fourth-order valence-corrected chi connectivity index (χ4v) is 4.16. The van der Waals surface area contributed by atoms with E-state index in [0.717, 1.165) is 27.7 Å². The maximum atomic E-state index is 10.0. The minimum Gasteiger partial charge on any atom is -0.386 e. The van der Waals surface area contributed by atoms with Crippen LogP contribution < -0.4 is 10.2 Å². The van der Waals surface area contributed by atoms with E-state index >= 15 is 0 Å². The second kappa shape index (κ2) is 5.40. The number of aliphatic hydroxyl groups excluding tert-OH is 1. The van der Waals surface area contributed by atoms with Crippen LogP contribution in [0.5, 0.6) is 0 Å². The molecule has 4 nitrogen and oxygen atoms in total. The van der Waals surface area contributed by atoms with Crippen molar-refractivity contribution in [3.63, 3.8) is 0 Å². The molecule has 2 aliphatic heterocycles. The Morgan fingerprint density at radius 1 is 1.19 bits per heavy atom. The molecule has 2 N–H and O–H groups in total. The van der Waals surface area contributed by atoms with Gasteiger partial charge in [0, 0.05) is 37.4 Å². The van der Waals surface area contributed by atoms with Gasteiger partial charge in [0.05, 0.1) is 10.6 Å². The summed E-state index contributed by atoms with van der Waals surface area (Å²) in [5.41, 5.74) is 3.45. The normalized spacial score (nSPS) is 21.6. The van der Waals surface area contributed by atoms with Crippen molar-refractivity contribution >= 4 is 17.0 Å². The Balaban J connectivity index is 1.61. The molecule has 0 radical (unpaired) electrons. The van der Waals surface area contributed by atoms with Crippen LogP contribution in [-0.4, -0.2) is 29.7 Å². The largest absolute Gasteiger partial charge is 0.386 e. The minimum absolute atomic E-state index is 0.413. The van der Waals surface area contributed by atoms with E-state index in [-0.39, 0.29) is 0 Å². The van der Waals surface area contributed by atoms with E-state index < -0.39 is 6.10 Å². The molecule has 21 heavy (non-hydrogen) atoms. The van der Waals surface area contributed by atoms with E-state index in [2.05, 4.69) is 39.5 Å². The highest BCUT2D eigenvalue weighted by Crippen LogP contribution is 2.34. The van der Waals surface area contributed by atoms with Crippen LogP contribution in [0.15, 0.2) is 24.3 Å². The number of aromatic nitrogens is 1. The molecule has 2 aromatic rings. The van der Waals surface area contributed by atoms with Crippen molar-refractivity contribution < 1.29 is 5.11 Å². The quantitative estimate of drug-likeness (QED) is 0.895. The minimum atomic E-state index is -0.413. The number of hydrogen-bond donors (Lipinski definition) is 2. The fourth-order valence-electron chi connectivity index (χ4n) is 3.08. The smallest absolute Gasteiger partial charge is 0.124 e. The highest BCUT2D eigenvalue weighted by Gasteiger charge is 2.23. The van der Waals surface area contributed by atoms with E-state index in [1.807, 2.05) is 0 Å². The second-order valence-electron chi connectivity index (χ2n) is 5.72. The van der Waals surface area contributed by atoms with Crippen molar-refractivity contribution in [1.29, 1.82) is 0 Å². The van der Waals surface area contributed by atoms with Gasteiger partial charge in [-0.2, -0.15) is 0 Å². The Kier molecular flexibility index (Phi) is 3.41. The van der Waals surface area contributed by atoms with Crippen LogP contribution in [0.3, 0.4) is 0 Å². The molecule has 1 saturated heterocycles. The number of nitrogens with zero attached hydrogens (tertiary/aromatic N) is 2. The van der Waals surface area contributed by atoms with Gasteiger partial charge >= 0.3 is 0 Å². The summed E-state index contributed by atoms with van der Waals surface area (Å²) in [5, 5.41) is 14.2. The molecule has 0 saturated carbocycles. The lowest BCUT2D eigenvalue weighted by atomic mass is 10.2. The average molecular weight is 301 g/mol. The molecule has 1 atom stereocenters. The molecule has 3 heterocycles. The second-order valence-corrected chi connectivity index (χ2v) is 6.75. The van der Waals surface area contributed by atoms with Gasteiger partial charge in [0.15, 0.2) is 0 Å². The first-order chi connectivity index (χ1) is 10.3. The van der Waals surface area contributed by atoms with Crippen LogP contribution in [0.1, 0.15) is 29.5 Å². The maximum absolute atomic E-state index is 10.0. The number of rotatable bonds is 2. The van der Waals surface area contributed by atoms with Gasteiger partial charge in [-0.3, -0.25) is 0 Å². The number of nitrogens with one attached hydrogen (secondary N) is 1. The molecule has 1 fully saturated rings. The van der Waals surface area contributed by atoms with E-state index in [4.69, 9.17) is 0 Å². The van der Waals surface area contributed by atoms with Crippen LogP contribution in [0.4, 0.5) is 5.69 Å². The number of fused-ring (bicyclic) bond motifs is 1. The first-order valence-electron chi connectivity index (χ1n) is 7.55. The summed E-state index contributed by atoms with van der Waals surface area (Å²) in [4.78, 5) is 8.14. The first-order valence-corrected chi connectivity index (χ1v) is 8.37. The summed E-state index contributed by atoms with van der Waals surface area (Å²) in [5.74, 6) is 0. The van der Waals surface area contributed by atoms with Crippen LogP contribution in [-0.2, 0) is 6.54 Å². The molecule has 0 unspecified atom stereocenters. The number of thiazole rings is 1. The standard InChI is InChI=1S/C16H19N3OS/c20-14-10-17-9-13-15(14)21-16(18-13)11-3-5-12(6-4-11)19-7-1-2-8-19/h3-6,14,17,20H,1-2,7-10H2/t14-/m1/s1. The molecule has 0 amide bonds. The summed E-state index contributed by atoms with van der Waals surface area (Å²) in [6, 6.07) is 8.68. The van der Waals surface area contributed by atoms with Crippen LogP contribution in [0.25, 0.3) is 10.6 Å². The molecule has 110 valence electrons. The van der Waals surface area contributed by atoms with E-state index in [0.29, 0.717) is 6.54 Å². The van der Waals surface area contributed by atoms with Gasteiger partial charge in [0.1, 0.15) is 11.1 Å². The molecule has 1 aromatic heterocycles. The molecule has 2 aliphatic rings. The Bertz CT molecular complexity index is 631. The molecule has 1 aromatic carbocycles. The van der Waals surface area contributed by atoms with Crippen LogP contribution in [0, 0.1) is 0 Å². The third kappa shape index (κ3) is 2.46. The summed E-state index contributed by atoms with van der Waals surface area (Å²) < 4.78 is 0. The number of anilines is 1. The topological polar surface area (TPSA) is 48.4 Å². The van der Waals surface area contributed by atoms with E-state index in [1.165, 1.54) is 31.6 Å². The molecule has 0 aliphatic carbocycles. The highest BCUT2D eigenvalue weighted by molar-refractivity contribution is 7.15. The molecule has 0 spiro atoms. The summed E-state index contributed by atoms with van der Waals surface area (Å²) in [6.07, 6.45) is 2.18. The molecular weight excluding hydrogens is 282 g/mol. The van der Waals surface area contributed by atoms with Crippen molar-refractivity contribution in [3.05, 3.63) is 34.8 Å². The van der Waals surface area contributed by atoms with Gasteiger partial charge in [-0.15, -0.1) is 11.3 Å². The average Bonchev–Trinajstić information content (AvgIpc) is 3.18. The van der Waals surface area contributed by atoms with E-state index in [1.54, 1.807) is 11.3 Å². The summed E-state index contributed by atoms with van der Waals surface area (Å²) >= 11 is 1.62. The van der Waals surface area contributed by atoms with Crippen molar-refractivity contribution in [2.24, 2.45) is 0 Å². The van der Waals surface area contributed by atoms with Gasteiger partial charge in [-0.25, -0.2) is 4.98 Å². The summed E-state index contributed by atoms with van der Waals surface area (Å²) in [6.45, 7) is 3.72. The lowest BCUT2D eigenvalue weighted by Gasteiger charge is -2.17. The third-order valence-corrected chi connectivity index (χ3v) is 5.49. The highest BCUT2D eigenvalue weighted by atomic mass is 32.1. The zero-order valence-electron chi connectivity index (χ0n) is 11.9. The van der Waals surface area contributed by atoms with Crippen LogP contribution >= 0.6 is 11.3 Å². The fraction of sp³-hybridized carbons (Fsp3) is 0.438. The molecular formula is C16H19N3OS. The van der Waals surface area contributed by atoms with Crippen molar-refractivity contribution in [2.75, 3.05) is 24.5 Å².